The molecule has 0 aliphatic heterocycles. The molecule has 1 heterocycles. The zero-order valence-electron chi connectivity index (χ0n) is 11.5. The van der Waals surface area contributed by atoms with Crippen LogP contribution in [-0.4, -0.2) is 41.9 Å². The lowest BCUT2D eigenvalue weighted by molar-refractivity contribution is 0.0690. The van der Waals surface area contributed by atoms with Gasteiger partial charge in [-0.15, -0.1) is 0 Å². The molecule has 0 saturated heterocycles. The Morgan fingerprint density at radius 1 is 1.35 bits per heavy atom. The summed E-state index contributed by atoms with van der Waals surface area (Å²) in [6, 6.07) is 2.61. The highest BCUT2D eigenvalue weighted by Crippen LogP contribution is 2.13. The second-order valence-electron chi connectivity index (χ2n) is 4.24. The first kappa shape index (κ1) is 16.4. The molecule has 0 aliphatic carbocycles. The van der Waals surface area contributed by atoms with Crippen LogP contribution in [0.2, 0.25) is 0 Å². The lowest BCUT2D eigenvalue weighted by Crippen LogP contribution is -2.37. The molecule has 1 aromatic heterocycles. The van der Waals surface area contributed by atoms with E-state index < -0.39 is 16.2 Å². The molecule has 0 fully saturated rings. The second-order valence-corrected chi connectivity index (χ2v) is 5.91. The van der Waals surface area contributed by atoms with E-state index >= 15 is 0 Å². The van der Waals surface area contributed by atoms with Crippen molar-refractivity contribution in [2.24, 2.45) is 0 Å². The maximum absolute atomic E-state index is 12.2. The summed E-state index contributed by atoms with van der Waals surface area (Å²) in [6.07, 6.45) is 2.67. The van der Waals surface area contributed by atoms with E-state index in [-0.39, 0.29) is 11.4 Å². The smallest absolute Gasteiger partial charge is 0.354 e. The van der Waals surface area contributed by atoms with Gasteiger partial charge in [-0.3, -0.25) is 4.72 Å². The van der Waals surface area contributed by atoms with Crippen molar-refractivity contribution in [3.05, 3.63) is 24.0 Å². The number of aromatic carboxylic acids is 1. The molecule has 0 saturated carbocycles. The van der Waals surface area contributed by atoms with Crippen molar-refractivity contribution in [3.63, 3.8) is 0 Å². The van der Waals surface area contributed by atoms with Gasteiger partial charge < -0.3 is 5.11 Å². The monoisotopic (exact) mass is 301 g/mol. The van der Waals surface area contributed by atoms with E-state index in [9.17, 15) is 13.2 Å². The summed E-state index contributed by atoms with van der Waals surface area (Å²) in [6.45, 7) is 4.63. The van der Waals surface area contributed by atoms with Crippen LogP contribution < -0.4 is 4.72 Å². The lowest BCUT2D eigenvalue weighted by atomic mass is 10.3. The summed E-state index contributed by atoms with van der Waals surface area (Å²) in [5, 5.41) is 8.84. The van der Waals surface area contributed by atoms with Crippen LogP contribution in [0.15, 0.2) is 18.3 Å². The molecule has 7 nitrogen and oxygen atoms in total. The van der Waals surface area contributed by atoms with Crippen molar-refractivity contribution in [3.8, 4) is 0 Å². The fourth-order valence-corrected chi connectivity index (χ4v) is 3.08. The van der Waals surface area contributed by atoms with Crippen LogP contribution in [0.4, 0.5) is 5.69 Å². The zero-order valence-corrected chi connectivity index (χ0v) is 12.4. The molecule has 0 spiro atoms. The second kappa shape index (κ2) is 7.20. The number of carboxylic acid groups (broad SMARTS) is 1. The molecule has 1 rings (SSSR count). The Hall–Kier alpha value is -1.67. The van der Waals surface area contributed by atoms with Crippen LogP contribution in [0.3, 0.4) is 0 Å². The molecular weight excluding hydrogens is 282 g/mol. The minimum atomic E-state index is -3.68. The standard InChI is InChI=1S/C12H19N3O4S/c1-3-7-15(8-4-2)20(18,19)14-10-5-6-13-11(9-10)12(16)17/h5-6,9H,3-4,7-8H2,1-2H3,(H,13,14)(H,16,17). The maximum atomic E-state index is 12.2. The first-order chi connectivity index (χ1) is 9.40. The summed E-state index contributed by atoms with van der Waals surface area (Å²) in [7, 11) is -3.68. The SMILES string of the molecule is CCCN(CCC)S(=O)(=O)Nc1ccnc(C(=O)O)c1. The number of anilines is 1. The van der Waals surface area contributed by atoms with Gasteiger partial charge in [0.2, 0.25) is 0 Å². The van der Waals surface area contributed by atoms with E-state index in [4.69, 9.17) is 5.11 Å². The van der Waals surface area contributed by atoms with Crippen molar-refractivity contribution in [1.82, 2.24) is 9.29 Å². The zero-order chi connectivity index (χ0) is 15.2. The highest BCUT2D eigenvalue weighted by atomic mass is 32.2. The summed E-state index contributed by atoms with van der Waals surface area (Å²) in [5.74, 6) is -1.20. The Labute approximate surface area is 118 Å². The molecule has 112 valence electrons. The molecular formula is C12H19N3O4S. The number of aromatic nitrogens is 1. The topological polar surface area (TPSA) is 99.6 Å². The van der Waals surface area contributed by atoms with Crippen molar-refractivity contribution < 1.29 is 18.3 Å². The largest absolute Gasteiger partial charge is 0.477 e. The average molecular weight is 301 g/mol. The lowest BCUT2D eigenvalue weighted by Gasteiger charge is -2.21. The van der Waals surface area contributed by atoms with Crippen molar-refractivity contribution in [2.45, 2.75) is 26.7 Å². The van der Waals surface area contributed by atoms with Crippen LogP contribution in [-0.2, 0) is 10.2 Å². The van der Waals surface area contributed by atoms with Gasteiger partial charge in [0, 0.05) is 19.3 Å². The average Bonchev–Trinajstić information content (AvgIpc) is 2.38. The van der Waals surface area contributed by atoms with E-state index in [1.165, 1.54) is 22.6 Å². The normalized spacial score (nSPS) is 11.6. The van der Waals surface area contributed by atoms with Gasteiger partial charge in [0.1, 0.15) is 5.69 Å². The number of hydrogen-bond acceptors (Lipinski definition) is 4. The van der Waals surface area contributed by atoms with Crippen LogP contribution in [0, 0.1) is 0 Å². The number of nitrogens with zero attached hydrogens (tertiary/aromatic N) is 2. The Bertz CT molecular complexity index is 554. The molecule has 0 amide bonds. The summed E-state index contributed by atoms with van der Waals surface area (Å²) < 4.78 is 28.1. The van der Waals surface area contributed by atoms with Crippen LogP contribution >= 0.6 is 0 Å². The van der Waals surface area contributed by atoms with Crippen molar-refractivity contribution in [1.29, 1.82) is 0 Å². The third-order valence-electron chi connectivity index (χ3n) is 2.51. The van der Waals surface area contributed by atoms with E-state index in [1.807, 2.05) is 13.8 Å². The number of carboxylic acids is 1. The Kier molecular flexibility index (Phi) is 5.90. The molecule has 0 aromatic carbocycles. The van der Waals surface area contributed by atoms with Crippen molar-refractivity contribution in [2.75, 3.05) is 17.8 Å². The number of rotatable bonds is 8. The predicted octanol–water partition coefficient (Wildman–Crippen LogP) is 1.56. The Balaban J connectivity index is 2.94. The molecule has 2 N–H and O–H groups in total. The minimum Gasteiger partial charge on any atom is -0.477 e. The first-order valence-corrected chi connectivity index (χ1v) is 7.82. The summed E-state index contributed by atoms with van der Waals surface area (Å²) in [5.41, 5.74) is -0.0164. The minimum absolute atomic E-state index is 0.189. The van der Waals surface area contributed by atoms with Gasteiger partial charge >= 0.3 is 16.2 Å². The van der Waals surface area contributed by atoms with E-state index in [1.54, 1.807) is 0 Å². The van der Waals surface area contributed by atoms with E-state index in [0.29, 0.717) is 25.9 Å². The summed E-state index contributed by atoms with van der Waals surface area (Å²) in [4.78, 5) is 14.4. The number of hydrogen-bond donors (Lipinski definition) is 2. The van der Waals surface area contributed by atoms with Gasteiger partial charge in [-0.1, -0.05) is 13.8 Å². The molecule has 0 aliphatic rings. The van der Waals surface area contributed by atoms with E-state index in [0.717, 1.165) is 0 Å². The van der Waals surface area contributed by atoms with Gasteiger partial charge in [-0.2, -0.15) is 12.7 Å². The number of nitrogens with one attached hydrogen (secondary N) is 1. The molecule has 0 radical (unpaired) electrons. The molecule has 0 bridgehead atoms. The molecule has 1 aromatic rings. The summed E-state index contributed by atoms with van der Waals surface area (Å²) >= 11 is 0. The third kappa shape index (κ3) is 4.46. The highest BCUT2D eigenvalue weighted by Gasteiger charge is 2.20. The van der Waals surface area contributed by atoms with Crippen LogP contribution in [0.5, 0.6) is 0 Å². The molecule has 20 heavy (non-hydrogen) atoms. The maximum Gasteiger partial charge on any atom is 0.354 e. The molecule has 8 heteroatoms. The van der Waals surface area contributed by atoms with Crippen LogP contribution in [0.25, 0.3) is 0 Å². The number of pyridine rings is 1. The fourth-order valence-electron chi connectivity index (χ4n) is 1.68. The molecule has 0 unspecified atom stereocenters. The first-order valence-electron chi connectivity index (χ1n) is 6.38. The van der Waals surface area contributed by atoms with Crippen LogP contribution in [0.1, 0.15) is 37.2 Å². The van der Waals surface area contributed by atoms with Gasteiger partial charge in [0.15, 0.2) is 0 Å². The third-order valence-corrected chi connectivity index (χ3v) is 4.05. The Morgan fingerprint density at radius 2 is 1.95 bits per heavy atom. The predicted molar refractivity (Wildman–Crippen MR) is 75.9 cm³/mol. The van der Waals surface area contributed by atoms with Gasteiger partial charge in [-0.25, -0.2) is 9.78 Å². The fraction of sp³-hybridized carbons (Fsp3) is 0.500. The van der Waals surface area contributed by atoms with Gasteiger partial charge in [0.05, 0.1) is 5.69 Å². The van der Waals surface area contributed by atoms with Gasteiger partial charge in [-0.05, 0) is 25.0 Å². The molecule has 0 atom stereocenters. The van der Waals surface area contributed by atoms with Gasteiger partial charge in [0.25, 0.3) is 0 Å². The Morgan fingerprint density at radius 3 is 2.45 bits per heavy atom. The van der Waals surface area contributed by atoms with Crippen molar-refractivity contribution >= 4 is 21.9 Å². The highest BCUT2D eigenvalue weighted by molar-refractivity contribution is 7.90. The quantitative estimate of drug-likeness (QED) is 0.759. The van der Waals surface area contributed by atoms with E-state index in [2.05, 4.69) is 9.71 Å². The number of carbonyl (C=O) groups is 1.